The molecule has 0 radical (unpaired) electrons. The van der Waals surface area contributed by atoms with Crippen LogP contribution in [-0.2, 0) is 16.1 Å². The molecule has 7 heteroatoms. The summed E-state index contributed by atoms with van der Waals surface area (Å²) in [6.07, 6.45) is 4.47. The van der Waals surface area contributed by atoms with Crippen LogP contribution in [0.25, 0.3) is 11.5 Å². The molecular formula is C17H20FN3O3. The molecule has 0 aliphatic heterocycles. The minimum Gasteiger partial charge on any atom is -0.468 e. The topological polar surface area (TPSA) is 77.2 Å². The molecule has 1 aliphatic carbocycles. The number of nitrogens with one attached hydrogen (secondary N) is 1. The molecule has 0 saturated heterocycles. The van der Waals surface area contributed by atoms with E-state index in [1.54, 1.807) is 18.2 Å². The van der Waals surface area contributed by atoms with E-state index < -0.39 is 11.4 Å². The zero-order chi connectivity index (χ0) is 17.0. The van der Waals surface area contributed by atoms with Crippen molar-refractivity contribution in [2.45, 2.75) is 44.2 Å². The first-order chi connectivity index (χ1) is 11.6. The number of benzene rings is 1. The van der Waals surface area contributed by atoms with Gasteiger partial charge in [0.05, 0.1) is 19.2 Å². The Morgan fingerprint density at radius 3 is 2.75 bits per heavy atom. The molecule has 1 saturated carbocycles. The van der Waals surface area contributed by atoms with Crippen molar-refractivity contribution in [1.29, 1.82) is 0 Å². The van der Waals surface area contributed by atoms with E-state index in [0.29, 0.717) is 18.7 Å². The van der Waals surface area contributed by atoms with Gasteiger partial charge in [0.1, 0.15) is 11.4 Å². The van der Waals surface area contributed by atoms with Crippen LogP contribution in [0, 0.1) is 5.82 Å². The van der Waals surface area contributed by atoms with Gasteiger partial charge in [-0.05, 0) is 25.0 Å². The number of nitrogens with zero attached hydrogens (tertiary/aromatic N) is 2. The summed E-state index contributed by atoms with van der Waals surface area (Å²) in [7, 11) is 1.39. The minimum absolute atomic E-state index is 0.126. The number of hydrogen-bond acceptors (Lipinski definition) is 6. The third-order valence-corrected chi connectivity index (χ3v) is 4.43. The lowest BCUT2D eigenvalue weighted by atomic mass is 9.81. The second-order valence-corrected chi connectivity index (χ2v) is 5.97. The van der Waals surface area contributed by atoms with E-state index in [0.717, 1.165) is 19.3 Å². The monoisotopic (exact) mass is 333 g/mol. The van der Waals surface area contributed by atoms with Crippen LogP contribution in [0.2, 0.25) is 0 Å². The molecule has 0 atom stereocenters. The van der Waals surface area contributed by atoms with Gasteiger partial charge in [0.2, 0.25) is 5.89 Å². The Hall–Kier alpha value is -2.28. The van der Waals surface area contributed by atoms with Gasteiger partial charge < -0.3 is 9.15 Å². The predicted molar refractivity (Wildman–Crippen MR) is 84.4 cm³/mol. The summed E-state index contributed by atoms with van der Waals surface area (Å²) < 4.78 is 24.2. The van der Waals surface area contributed by atoms with Gasteiger partial charge in [-0.25, -0.2) is 4.39 Å². The Bertz CT molecular complexity index is 711. The maximum Gasteiger partial charge on any atom is 0.326 e. The lowest BCUT2D eigenvalue weighted by Gasteiger charge is -2.34. The molecule has 2 aromatic rings. The molecule has 1 aliphatic rings. The Morgan fingerprint density at radius 2 is 2.04 bits per heavy atom. The van der Waals surface area contributed by atoms with E-state index in [4.69, 9.17) is 9.15 Å². The van der Waals surface area contributed by atoms with Gasteiger partial charge in [-0.2, -0.15) is 0 Å². The predicted octanol–water partition coefficient (Wildman–Crippen LogP) is 2.84. The van der Waals surface area contributed by atoms with Crippen LogP contribution in [0.3, 0.4) is 0 Å². The van der Waals surface area contributed by atoms with Crippen molar-refractivity contribution in [2.24, 2.45) is 0 Å². The Morgan fingerprint density at radius 1 is 1.29 bits per heavy atom. The average molecular weight is 333 g/mol. The van der Waals surface area contributed by atoms with Gasteiger partial charge in [-0.15, -0.1) is 10.2 Å². The molecular weight excluding hydrogens is 313 g/mol. The van der Waals surface area contributed by atoms with E-state index in [-0.39, 0.29) is 24.0 Å². The fraction of sp³-hybridized carbons (Fsp3) is 0.471. The first kappa shape index (κ1) is 16.6. The molecule has 3 rings (SSSR count). The highest BCUT2D eigenvalue weighted by atomic mass is 19.1. The molecule has 1 fully saturated rings. The largest absolute Gasteiger partial charge is 0.468 e. The number of carbonyl (C=O) groups excluding carboxylic acids is 1. The van der Waals surface area contributed by atoms with E-state index >= 15 is 0 Å². The minimum atomic E-state index is -0.709. The number of aromatic nitrogens is 2. The van der Waals surface area contributed by atoms with Crippen molar-refractivity contribution in [3.05, 3.63) is 36.0 Å². The molecule has 1 aromatic heterocycles. The number of carbonyl (C=O) groups is 1. The zero-order valence-corrected chi connectivity index (χ0v) is 13.5. The molecule has 1 heterocycles. The molecule has 128 valence electrons. The summed E-state index contributed by atoms with van der Waals surface area (Å²) in [6.45, 7) is 0.233. The first-order valence-corrected chi connectivity index (χ1v) is 8.05. The second kappa shape index (κ2) is 7.09. The summed E-state index contributed by atoms with van der Waals surface area (Å²) >= 11 is 0. The van der Waals surface area contributed by atoms with E-state index in [2.05, 4.69) is 15.5 Å². The number of halogens is 1. The highest BCUT2D eigenvalue weighted by molar-refractivity contribution is 5.80. The van der Waals surface area contributed by atoms with Crippen LogP contribution in [0.4, 0.5) is 4.39 Å². The van der Waals surface area contributed by atoms with Crippen LogP contribution >= 0.6 is 0 Å². The fourth-order valence-corrected chi connectivity index (χ4v) is 3.12. The smallest absolute Gasteiger partial charge is 0.326 e. The van der Waals surface area contributed by atoms with Crippen molar-refractivity contribution in [3.8, 4) is 11.5 Å². The summed E-state index contributed by atoms with van der Waals surface area (Å²) in [5, 5.41) is 11.0. The SMILES string of the molecule is COC(=O)C1(NCc2nnc(-c3ccccc3F)o2)CCCCC1. The highest BCUT2D eigenvalue weighted by Gasteiger charge is 2.40. The summed E-state index contributed by atoms with van der Waals surface area (Å²) in [5.74, 6) is -0.252. The average Bonchev–Trinajstić information content (AvgIpc) is 3.09. The Labute approximate surface area is 139 Å². The molecule has 24 heavy (non-hydrogen) atoms. The Kier molecular flexibility index (Phi) is 4.89. The lowest BCUT2D eigenvalue weighted by Crippen LogP contribution is -2.53. The zero-order valence-electron chi connectivity index (χ0n) is 13.5. The van der Waals surface area contributed by atoms with Gasteiger partial charge in [0, 0.05) is 0 Å². The van der Waals surface area contributed by atoms with Crippen molar-refractivity contribution in [2.75, 3.05) is 7.11 Å². The van der Waals surface area contributed by atoms with Gasteiger partial charge in [-0.1, -0.05) is 31.4 Å². The van der Waals surface area contributed by atoms with Crippen LogP contribution < -0.4 is 5.32 Å². The number of esters is 1. The number of ether oxygens (including phenoxy) is 1. The summed E-state index contributed by atoms with van der Waals surface area (Å²) in [5.41, 5.74) is -0.448. The van der Waals surface area contributed by atoms with E-state index in [9.17, 15) is 9.18 Å². The maximum atomic E-state index is 13.8. The van der Waals surface area contributed by atoms with Crippen molar-refractivity contribution >= 4 is 5.97 Å². The third-order valence-electron chi connectivity index (χ3n) is 4.43. The number of hydrogen-bond donors (Lipinski definition) is 1. The van der Waals surface area contributed by atoms with Crippen molar-refractivity contribution in [1.82, 2.24) is 15.5 Å². The van der Waals surface area contributed by atoms with Gasteiger partial charge in [-0.3, -0.25) is 10.1 Å². The number of rotatable bonds is 5. The molecule has 0 unspecified atom stereocenters. The molecule has 6 nitrogen and oxygen atoms in total. The lowest BCUT2D eigenvalue weighted by molar-refractivity contribution is -0.150. The normalized spacial score (nSPS) is 16.8. The van der Waals surface area contributed by atoms with Crippen molar-refractivity contribution < 1.29 is 18.3 Å². The molecule has 0 amide bonds. The third kappa shape index (κ3) is 3.31. The van der Waals surface area contributed by atoms with Gasteiger partial charge in [0.25, 0.3) is 5.89 Å². The van der Waals surface area contributed by atoms with Gasteiger partial charge >= 0.3 is 5.97 Å². The highest BCUT2D eigenvalue weighted by Crippen LogP contribution is 2.30. The van der Waals surface area contributed by atoms with E-state index in [1.165, 1.54) is 13.2 Å². The summed E-state index contributed by atoms with van der Waals surface area (Å²) in [4.78, 5) is 12.2. The van der Waals surface area contributed by atoms with Gasteiger partial charge in [0.15, 0.2) is 0 Å². The quantitative estimate of drug-likeness (QED) is 0.848. The molecule has 0 spiro atoms. The van der Waals surface area contributed by atoms with Crippen molar-refractivity contribution in [3.63, 3.8) is 0 Å². The van der Waals surface area contributed by atoms with E-state index in [1.807, 2.05) is 0 Å². The van der Waals surface area contributed by atoms with Crippen LogP contribution in [0.5, 0.6) is 0 Å². The van der Waals surface area contributed by atoms with Crippen LogP contribution in [0.1, 0.15) is 38.0 Å². The van der Waals surface area contributed by atoms with Crippen LogP contribution in [-0.4, -0.2) is 28.8 Å². The fourth-order valence-electron chi connectivity index (χ4n) is 3.12. The number of methoxy groups -OCH3 is 1. The maximum absolute atomic E-state index is 13.8. The molecule has 0 bridgehead atoms. The standard InChI is InChI=1S/C17H20FN3O3/c1-23-16(22)17(9-5-2-6-10-17)19-11-14-20-21-15(24-14)12-7-3-4-8-13(12)18/h3-4,7-8,19H,2,5-6,9-11H2,1H3. The molecule has 1 aromatic carbocycles. The molecule has 1 N–H and O–H groups in total. The van der Waals surface area contributed by atoms with Crippen LogP contribution in [0.15, 0.2) is 28.7 Å². The summed E-state index contributed by atoms with van der Waals surface area (Å²) in [6, 6.07) is 6.22. The second-order valence-electron chi connectivity index (χ2n) is 5.97. The first-order valence-electron chi connectivity index (χ1n) is 8.05. The Balaban J connectivity index is 1.72.